The van der Waals surface area contributed by atoms with Crippen LogP contribution in [0.4, 0.5) is 4.79 Å². The van der Waals surface area contributed by atoms with Crippen LogP contribution in [0.15, 0.2) is 0 Å². The van der Waals surface area contributed by atoms with E-state index in [1.807, 2.05) is 27.7 Å². The minimum absolute atomic E-state index is 0.111. The third kappa shape index (κ3) is 5.64. The lowest BCUT2D eigenvalue weighted by Gasteiger charge is -2.39. The van der Waals surface area contributed by atoms with E-state index in [1.165, 1.54) is 0 Å². The van der Waals surface area contributed by atoms with Gasteiger partial charge in [-0.3, -0.25) is 0 Å². The molecule has 0 aromatic carbocycles. The highest BCUT2D eigenvalue weighted by atomic mass is 16.6. The first-order valence-electron chi connectivity index (χ1n) is 7.06. The highest BCUT2D eigenvalue weighted by molar-refractivity contribution is 5.68. The second-order valence-corrected chi connectivity index (χ2v) is 6.56. The maximum atomic E-state index is 11.9. The van der Waals surface area contributed by atoms with Crippen LogP contribution in [0.1, 0.15) is 40.5 Å². The van der Waals surface area contributed by atoms with Gasteiger partial charge in [0.25, 0.3) is 0 Å². The molecule has 0 spiro atoms. The van der Waals surface area contributed by atoms with Gasteiger partial charge in [0.2, 0.25) is 0 Å². The quantitative estimate of drug-likeness (QED) is 0.811. The Kier molecular flexibility index (Phi) is 5.79. The van der Waals surface area contributed by atoms with Crippen LogP contribution in [0.5, 0.6) is 0 Å². The van der Waals surface area contributed by atoms with Gasteiger partial charge in [-0.05, 0) is 40.5 Å². The number of aliphatic hydroxyl groups is 2. The molecule has 1 fully saturated rings. The van der Waals surface area contributed by atoms with Crippen LogP contribution in [0.25, 0.3) is 0 Å². The third-order valence-electron chi connectivity index (χ3n) is 3.31. The summed E-state index contributed by atoms with van der Waals surface area (Å²) < 4.78 is 11.0. The van der Waals surface area contributed by atoms with E-state index in [2.05, 4.69) is 0 Å². The van der Waals surface area contributed by atoms with Crippen molar-refractivity contribution in [3.8, 4) is 0 Å². The highest BCUT2D eigenvalue weighted by Gasteiger charge is 2.34. The van der Waals surface area contributed by atoms with Crippen LogP contribution < -0.4 is 0 Å². The van der Waals surface area contributed by atoms with Gasteiger partial charge in [-0.2, -0.15) is 0 Å². The van der Waals surface area contributed by atoms with E-state index in [0.29, 0.717) is 25.9 Å². The number of amides is 1. The van der Waals surface area contributed by atoms with Crippen LogP contribution in [0, 0.1) is 0 Å². The van der Waals surface area contributed by atoms with E-state index in [0.717, 1.165) is 0 Å². The van der Waals surface area contributed by atoms with E-state index in [4.69, 9.17) is 14.6 Å². The van der Waals surface area contributed by atoms with E-state index in [-0.39, 0.29) is 24.9 Å². The zero-order valence-electron chi connectivity index (χ0n) is 12.9. The van der Waals surface area contributed by atoms with Gasteiger partial charge < -0.3 is 24.6 Å². The second kappa shape index (κ2) is 6.74. The molecule has 1 aliphatic rings. The monoisotopic (exact) mass is 289 g/mol. The van der Waals surface area contributed by atoms with Crippen molar-refractivity contribution in [3.63, 3.8) is 0 Å². The van der Waals surface area contributed by atoms with Crippen molar-refractivity contribution in [2.45, 2.75) is 57.8 Å². The molecule has 1 saturated heterocycles. The lowest BCUT2D eigenvalue weighted by Crippen LogP contribution is -2.48. The summed E-state index contributed by atoms with van der Waals surface area (Å²) in [6.45, 7) is 8.44. The van der Waals surface area contributed by atoms with Gasteiger partial charge in [-0.1, -0.05) is 0 Å². The summed E-state index contributed by atoms with van der Waals surface area (Å²) in [6.07, 6.45) is 0.222. The van der Waals surface area contributed by atoms with Gasteiger partial charge in [0.05, 0.1) is 18.8 Å². The van der Waals surface area contributed by atoms with Gasteiger partial charge in [0.15, 0.2) is 0 Å². The van der Waals surface area contributed by atoms with Gasteiger partial charge in [-0.15, -0.1) is 0 Å². The lowest BCUT2D eigenvalue weighted by atomic mass is 9.93. The molecule has 0 bridgehead atoms. The van der Waals surface area contributed by atoms with Crippen LogP contribution in [-0.4, -0.2) is 64.8 Å². The summed E-state index contributed by atoms with van der Waals surface area (Å²) in [7, 11) is 0. The first-order valence-corrected chi connectivity index (χ1v) is 7.06. The normalized spacial score (nSPS) is 20.6. The number of aliphatic hydroxyl groups excluding tert-OH is 2. The molecular formula is C14H27NO5. The van der Waals surface area contributed by atoms with Crippen LogP contribution >= 0.6 is 0 Å². The van der Waals surface area contributed by atoms with Crippen LogP contribution in [0.2, 0.25) is 0 Å². The molecule has 0 aromatic rings. The van der Waals surface area contributed by atoms with Crippen molar-refractivity contribution < 1.29 is 24.5 Å². The first-order chi connectivity index (χ1) is 9.15. The number of hydrogen-bond acceptors (Lipinski definition) is 5. The third-order valence-corrected chi connectivity index (χ3v) is 3.31. The van der Waals surface area contributed by atoms with Crippen molar-refractivity contribution in [3.05, 3.63) is 0 Å². The Morgan fingerprint density at radius 1 is 1.35 bits per heavy atom. The number of piperidine rings is 1. The summed E-state index contributed by atoms with van der Waals surface area (Å²) in [4.78, 5) is 13.6. The predicted octanol–water partition coefficient (Wildman–Crippen LogP) is 1.15. The summed E-state index contributed by atoms with van der Waals surface area (Å²) in [5.41, 5.74) is -0.853. The Hall–Kier alpha value is -0.850. The maximum absolute atomic E-state index is 11.9. The van der Waals surface area contributed by atoms with Crippen molar-refractivity contribution in [1.29, 1.82) is 0 Å². The number of likely N-dealkylation sites (tertiary alicyclic amines) is 1. The van der Waals surface area contributed by atoms with Gasteiger partial charge >= 0.3 is 6.09 Å². The molecule has 1 atom stereocenters. The molecular weight excluding hydrogens is 262 g/mol. The SMILES string of the molecule is CC(C)(C)OC(=O)N1CCC(C)(OCC(O)CO)CC1. The van der Waals surface area contributed by atoms with Gasteiger partial charge in [0.1, 0.15) is 11.7 Å². The molecule has 6 nitrogen and oxygen atoms in total. The largest absolute Gasteiger partial charge is 0.444 e. The van der Waals surface area contributed by atoms with Crippen LogP contribution in [0.3, 0.4) is 0 Å². The van der Waals surface area contributed by atoms with E-state index in [9.17, 15) is 9.90 Å². The van der Waals surface area contributed by atoms with E-state index >= 15 is 0 Å². The Morgan fingerprint density at radius 2 is 1.90 bits per heavy atom. The molecule has 20 heavy (non-hydrogen) atoms. The zero-order valence-corrected chi connectivity index (χ0v) is 12.9. The first kappa shape index (κ1) is 17.2. The summed E-state index contributed by atoms with van der Waals surface area (Å²) in [5, 5.41) is 18.1. The fraction of sp³-hybridized carbons (Fsp3) is 0.929. The average molecular weight is 289 g/mol. The smallest absolute Gasteiger partial charge is 0.410 e. The number of nitrogens with zero attached hydrogens (tertiary/aromatic N) is 1. The molecule has 118 valence electrons. The Bertz CT molecular complexity index is 318. The number of hydrogen-bond donors (Lipinski definition) is 2. The molecule has 1 heterocycles. The minimum atomic E-state index is -0.851. The van der Waals surface area contributed by atoms with E-state index < -0.39 is 11.7 Å². The molecule has 0 aromatic heterocycles. The molecule has 0 saturated carbocycles. The fourth-order valence-electron chi connectivity index (χ4n) is 1.98. The summed E-state index contributed by atoms with van der Waals surface area (Å²) in [5.74, 6) is 0. The molecule has 2 N–H and O–H groups in total. The van der Waals surface area contributed by atoms with Crippen molar-refractivity contribution in [2.24, 2.45) is 0 Å². The number of rotatable bonds is 4. The van der Waals surface area contributed by atoms with Crippen molar-refractivity contribution in [1.82, 2.24) is 4.90 Å². The van der Waals surface area contributed by atoms with Crippen LogP contribution in [-0.2, 0) is 9.47 Å². The molecule has 0 aliphatic carbocycles. The zero-order chi connectivity index (χ0) is 15.4. The fourth-order valence-corrected chi connectivity index (χ4v) is 1.98. The highest BCUT2D eigenvalue weighted by Crippen LogP contribution is 2.27. The summed E-state index contributed by atoms with van der Waals surface area (Å²) in [6, 6.07) is 0. The topological polar surface area (TPSA) is 79.2 Å². The number of carbonyl (C=O) groups excluding carboxylic acids is 1. The van der Waals surface area contributed by atoms with Gasteiger partial charge in [0, 0.05) is 13.1 Å². The number of ether oxygens (including phenoxy) is 2. The molecule has 0 radical (unpaired) electrons. The van der Waals surface area contributed by atoms with Gasteiger partial charge in [-0.25, -0.2) is 4.79 Å². The minimum Gasteiger partial charge on any atom is -0.444 e. The maximum Gasteiger partial charge on any atom is 0.410 e. The molecule has 1 amide bonds. The molecule has 6 heteroatoms. The van der Waals surface area contributed by atoms with E-state index in [1.54, 1.807) is 4.90 Å². The summed E-state index contributed by atoms with van der Waals surface area (Å²) >= 11 is 0. The molecule has 1 unspecified atom stereocenters. The second-order valence-electron chi connectivity index (χ2n) is 6.56. The standard InChI is InChI=1S/C14H27NO5/c1-13(2,3)20-12(18)15-7-5-14(4,6-8-15)19-10-11(17)9-16/h11,16-17H,5-10H2,1-4H3. The van der Waals surface area contributed by atoms with Crippen molar-refractivity contribution in [2.75, 3.05) is 26.3 Å². The molecule has 1 rings (SSSR count). The average Bonchev–Trinajstić information content (AvgIpc) is 2.34. The molecule has 1 aliphatic heterocycles. The number of carbonyl (C=O) groups is 1. The Labute approximate surface area is 120 Å². The predicted molar refractivity (Wildman–Crippen MR) is 74.5 cm³/mol. The van der Waals surface area contributed by atoms with Crippen molar-refractivity contribution >= 4 is 6.09 Å². The Balaban J connectivity index is 2.40. The lowest BCUT2D eigenvalue weighted by molar-refractivity contribution is -0.104. The Morgan fingerprint density at radius 3 is 2.35 bits per heavy atom.